The van der Waals surface area contributed by atoms with Crippen molar-refractivity contribution in [3.05, 3.63) is 34.6 Å². The minimum Gasteiger partial charge on any atom is -0.450 e. The van der Waals surface area contributed by atoms with Crippen LogP contribution in [0.1, 0.15) is 18.9 Å². The third kappa shape index (κ3) is 5.40. The van der Waals surface area contributed by atoms with Crippen molar-refractivity contribution in [3.8, 4) is 0 Å². The molecule has 0 radical (unpaired) electrons. The molecular weight excluding hydrogens is 415 g/mol. The summed E-state index contributed by atoms with van der Waals surface area (Å²) in [7, 11) is 0. The number of hydrogen-bond donors (Lipinski definition) is 1. The molecule has 1 atom stereocenters. The molecule has 164 valence electrons. The Morgan fingerprint density at radius 1 is 1.20 bits per heavy atom. The van der Waals surface area contributed by atoms with Crippen molar-refractivity contribution in [2.24, 2.45) is 0 Å². The summed E-state index contributed by atoms with van der Waals surface area (Å²) in [5.74, 6) is -0.775. The highest BCUT2D eigenvalue weighted by Crippen LogP contribution is 2.22. The van der Waals surface area contributed by atoms with Crippen molar-refractivity contribution in [2.45, 2.75) is 25.9 Å². The van der Waals surface area contributed by atoms with Crippen LogP contribution in [-0.2, 0) is 20.9 Å². The molecule has 2 heterocycles. The molecule has 3 rings (SSSR count). The molecule has 0 aromatic heterocycles. The first-order valence-corrected chi connectivity index (χ1v) is 10.4. The molecule has 2 aliphatic rings. The topological polar surface area (TPSA) is 82.2 Å². The molecule has 0 aliphatic carbocycles. The highest BCUT2D eigenvalue weighted by molar-refractivity contribution is 6.31. The summed E-state index contributed by atoms with van der Waals surface area (Å²) in [6, 6.07) is 3.53. The number of halogens is 2. The van der Waals surface area contributed by atoms with Crippen molar-refractivity contribution in [2.75, 3.05) is 45.9 Å². The predicted molar refractivity (Wildman–Crippen MR) is 108 cm³/mol. The summed E-state index contributed by atoms with van der Waals surface area (Å²) in [6.45, 7) is 5.04. The van der Waals surface area contributed by atoms with Crippen LogP contribution in [-0.4, -0.2) is 84.5 Å². The highest BCUT2D eigenvalue weighted by Gasteiger charge is 2.34. The first-order chi connectivity index (χ1) is 14.4. The maximum atomic E-state index is 13.3. The van der Waals surface area contributed by atoms with Gasteiger partial charge in [0.25, 0.3) is 0 Å². The smallest absolute Gasteiger partial charge is 0.409 e. The molecule has 1 unspecified atom stereocenters. The van der Waals surface area contributed by atoms with Gasteiger partial charge in [-0.25, -0.2) is 9.18 Å². The maximum Gasteiger partial charge on any atom is 0.409 e. The molecule has 3 amide bonds. The maximum absolute atomic E-state index is 13.3. The zero-order chi connectivity index (χ0) is 21.7. The van der Waals surface area contributed by atoms with E-state index >= 15 is 0 Å². The number of amides is 3. The average molecular weight is 441 g/mol. The van der Waals surface area contributed by atoms with Gasteiger partial charge in [-0.15, -0.1) is 0 Å². The lowest BCUT2D eigenvalue weighted by atomic mass is 10.1. The summed E-state index contributed by atoms with van der Waals surface area (Å²) < 4.78 is 18.3. The molecule has 1 aromatic rings. The van der Waals surface area contributed by atoms with Crippen molar-refractivity contribution in [3.63, 3.8) is 0 Å². The van der Waals surface area contributed by atoms with Crippen LogP contribution in [0.2, 0.25) is 5.02 Å². The lowest BCUT2D eigenvalue weighted by molar-refractivity contribution is -0.140. The fraction of sp³-hybridized carbons (Fsp3) is 0.550. The molecule has 1 N–H and O–H groups in total. The van der Waals surface area contributed by atoms with Gasteiger partial charge in [-0.05, 0) is 24.6 Å². The van der Waals surface area contributed by atoms with Crippen LogP contribution >= 0.6 is 11.6 Å². The standard InChI is InChI=1S/C20H26ClFN4O4/c1-2-30-20(29)25-9-7-24(8-10-25)18(27)12-17-19(28)23-5-6-26(17)13-14-3-4-15(22)11-16(14)21/h3-4,11,17H,2,5-10,12-13H2,1H3,(H,23,28). The Labute approximate surface area is 179 Å². The van der Waals surface area contributed by atoms with Crippen LogP contribution in [0.3, 0.4) is 0 Å². The summed E-state index contributed by atoms with van der Waals surface area (Å²) in [6.07, 6.45) is -0.344. The van der Waals surface area contributed by atoms with Crippen LogP contribution in [0.4, 0.5) is 9.18 Å². The van der Waals surface area contributed by atoms with Crippen LogP contribution < -0.4 is 5.32 Å². The Morgan fingerprint density at radius 2 is 1.90 bits per heavy atom. The van der Waals surface area contributed by atoms with E-state index in [1.165, 1.54) is 12.1 Å². The third-order valence-corrected chi connectivity index (χ3v) is 5.71. The van der Waals surface area contributed by atoms with Crippen molar-refractivity contribution >= 4 is 29.5 Å². The first kappa shape index (κ1) is 22.3. The molecule has 0 saturated carbocycles. The van der Waals surface area contributed by atoms with E-state index in [0.29, 0.717) is 63.0 Å². The fourth-order valence-electron chi connectivity index (χ4n) is 3.69. The van der Waals surface area contributed by atoms with Crippen LogP contribution in [0, 0.1) is 5.82 Å². The van der Waals surface area contributed by atoms with Crippen molar-refractivity contribution < 1.29 is 23.5 Å². The van der Waals surface area contributed by atoms with Crippen molar-refractivity contribution in [1.82, 2.24) is 20.0 Å². The quantitative estimate of drug-likeness (QED) is 0.749. The van der Waals surface area contributed by atoms with E-state index in [1.54, 1.807) is 22.8 Å². The third-order valence-electron chi connectivity index (χ3n) is 5.36. The first-order valence-electron chi connectivity index (χ1n) is 10.0. The Morgan fingerprint density at radius 3 is 2.57 bits per heavy atom. The molecule has 2 fully saturated rings. The average Bonchev–Trinajstić information content (AvgIpc) is 2.72. The van der Waals surface area contributed by atoms with Gasteiger partial charge in [0.2, 0.25) is 11.8 Å². The molecule has 0 bridgehead atoms. The number of carbonyl (C=O) groups excluding carboxylic acids is 3. The Balaban J connectivity index is 1.60. The minimum atomic E-state index is -0.629. The molecule has 2 saturated heterocycles. The Bertz CT molecular complexity index is 801. The van der Waals surface area contributed by atoms with E-state index in [4.69, 9.17) is 16.3 Å². The monoisotopic (exact) mass is 440 g/mol. The molecule has 1 aromatic carbocycles. The van der Waals surface area contributed by atoms with Crippen LogP contribution in [0.25, 0.3) is 0 Å². The van der Waals surface area contributed by atoms with E-state index in [-0.39, 0.29) is 24.3 Å². The summed E-state index contributed by atoms with van der Waals surface area (Å²) in [5, 5.41) is 3.09. The summed E-state index contributed by atoms with van der Waals surface area (Å²) in [4.78, 5) is 42.3. The van der Waals surface area contributed by atoms with Crippen LogP contribution in [0.15, 0.2) is 18.2 Å². The fourth-order valence-corrected chi connectivity index (χ4v) is 3.92. The number of nitrogens with zero attached hydrogens (tertiary/aromatic N) is 3. The molecule has 30 heavy (non-hydrogen) atoms. The van der Waals surface area contributed by atoms with E-state index in [0.717, 1.165) is 0 Å². The zero-order valence-corrected chi connectivity index (χ0v) is 17.7. The summed E-state index contributed by atoms with van der Waals surface area (Å²) >= 11 is 6.14. The van der Waals surface area contributed by atoms with E-state index in [2.05, 4.69) is 5.32 Å². The SMILES string of the molecule is CCOC(=O)N1CCN(C(=O)CC2C(=O)NCCN2Cc2ccc(F)cc2Cl)CC1. The Kier molecular flexibility index (Phi) is 7.49. The molecule has 10 heteroatoms. The number of benzene rings is 1. The summed E-state index contributed by atoms with van der Waals surface area (Å²) in [5.41, 5.74) is 0.702. The van der Waals surface area contributed by atoms with Gasteiger partial charge in [0.05, 0.1) is 19.1 Å². The lowest BCUT2D eigenvalue weighted by Gasteiger charge is -2.38. The van der Waals surface area contributed by atoms with Gasteiger partial charge >= 0.3 is 6.09 Å². The minimum absolute atomic E-state index is 0.0318. The second-order valence-corrected chi connectivity index (χ2v) is 7.69. The van der Waals surface area contributed by atoms with Crippen LogP contribution in [0.5, 0.6) is 0 Å². The largest absolute Gasteiger partial charge is 0.450 e. The zero-order valence-electron chi connectivity index (χ0n) is 16.9. The van der Waals surface area contributed by atoms with Gasteiger partial charge < -0.3 is 19.9 Å². The molecule has 0 spiro atoms. The normalized spacial score (nSPS) is 20.1. The van der Waals surface area contributed by atoms with Crippen molar-refractivity contribution in [1.29, 1.82) is 0 Å². The number of hydrogen-bond acceptors (Lipinski definition) is 5. The number of rotatable bonds is 5. The highest BCUT2D eigenvalue weighted by atomic mass is 35.5. The van der Waals surface area contributed by atoms with Gasteiger partial charge in [-0.1, -0.05) is 17.7 Å². The number of ether oxygens (including phenoxy) is 1. The second kappa shape index (κ2) is 10.1. The van der Waals surface area contributed by atoms with Gasteiger partial charge in [0.1, 0.15) is 5.82 Å². The molecule has 2 aliphatic heterocycles. The van der Waals surface area contributed by atoms with E-state index < -0.39 is 11.9 Å². The molecule has 8 nitrogen and oxygen atoms in total. The van der Waals surface area contributed by atoms with Gasteiger partial charge in [-0.2, -0.15) is 0 Å². The lowest BCUT2D eigenvalue weighted by Crippen LogP contribution is -2.57. The number of nitrogens with one attached hydrogen (secondary N) is 1. The Hall–Kier alpha value is -2.39. The second-order valence-electron chi connectivity index (χ2n) is 7.28. The molecular formula is C20H26ClFN4O4. The predicted octanol–water partition coefficient (Wildman–Crippen LogP) is 1.47. The van der Waals surface area contributed by atoms with Gasteiger partial charge in [0, 0.05) is 50.8 Å². The van der Waals surface area contributed by atoms with E-state index in [9.17, 15) is 18.8 Å². The van der Waals surface area contributed by atoms with Gasteiger partial charge in [0.15, 0.2) is 0 Å². The number of piperazine rings is 2. The van der Waals surface area contributed by atoms with Gasteiger partial charge in [-0.3, -0.25) is 14.5 Å². The number of carbonyl (C=O) groups is 3. The van der Waals surface area contributed by atoms with E-state index in [1.807, 2.05) is 4.90 Å².